The summed E-state index contributed by atoms with van der Waals surface area (Å²) in [6, 6.07) is 1.76. The Bertz CT molecular complexity index is 320. The maximum Gasteiger partial charge on any atom is 0.280 e. The Morgan fingerprint density at radius 3 is 2.93 bits per heavy atom. The van der Waals surface area contributed by atoms with Crippen LogP contribution in [0, 0.1) is 17.2 Å². The van der Waals surface area contributed by atoms with Crippen LogP contribution in [0.25, 0.3) is 0 Å². The fourth-order valence-electron chi connectivity index (χ4n) is 1.58. The van der Waals surface area contributed by atoms with E-state index in [1.165, 1.54) is 4.31 Å². The van der Waals surface area contributed by atoms with Crippen LogP contribution in [0.3, 0.4) is 0 Å². The van der Waals surface area contributed by atoms with Gasteiger partial charge in [-0.05, 0) is 18.8 Å². The Morgan fingerprint density at radius 1 is 1.64 bits per heavy atom. The van der Waals surface area contributed by atoms with Crippen LogP contribution in [-0.4, -0.2) is 32.4 Å². The van der Waals surface area contributed by atoms with Gasteiger partial charge in [0.05, 0.1) is 12.6 Å². The molecule has 0 aromatic carbocycles. The third-order valence-corrected chi connectivity index (χ3v) is 3.81. The summed E-state index contributed by atoms with van der Waals surface area (Å²) < 4.78 is 26.8. The summed E-state index contributed by atoms with van der Waals surface area (Å²) in [6.45, 7) is 2.99. The minimum Gasteiger partial charge on any atom is -0.197 e. The molecule has 80 valence electrons. The lowest BCUT2D eigenvalue weighted by molar-refractivity contribution is 0.279. The van der Waals surface area contributed by atoms with Crippen molar-refractivity contribution in [1.82, 2.24) is 9.03 Å². The van der Waals surface area contributed by atoms with Crippen molar-refractivity contribution in [1.29, 1.82) is 5.26 Å². The number of hydrogen-bond acceptors (Lipinski definition) is 3. The van der Waals surface area contributed by atoms with Crippen molar-refractivity contribution in [3.05, 3.63) is 0 Å². The minimum atomic E-state index is -3.42. The topological polar surface area (TPSA) is 73.2 Å². The molecule has 1 rings (SSSR count). The molecule has 0 bridgehead atoms. The van der Waals surface area contributed by atoms with E-state index in [1.807, 2.05) is 6.92 Å². The van der Waals surface area contributed by atoms with Gasteiger partial charge >= 0.3 is 0 Å². The number of nitrogens with zero attached hydrogens (tertiary/aromatic N) is 2. The highest BCUT2D eigenvalue weighted by atomic mass is 32.2. The highest BCUT2D eigenvalue weighted by Gasteiger charge is 2.26. The Kier molecular flexibility index (Phi) is 3.86. The Balaban J connectivity index is 2.58. The molecule has 1 unspecified atom stereocenters. The Morgan fingerprint density at radius 2 is 2.36 bits per heavy atom. The molecule has 1 N–H and O–H groups in total. The van der Waals surface area contributed by atoms with Gasteiger partial charge in [0.25, 0.3) is 10.2 Å². The van der Waals surface area contributed by atoms with Crippen molar-refractivity contribution in [2.75, 3.05) is 19.6 Å². The molecule has 0 amide bonds. The smallest absolute Gasteiger partial charge is 0.197 e. The highest BCUT2D eigenvalue weighted by molar-refractivity contribution is 7.87. The van der Waals surface area contributed by atoms with Crippen LogP contribution in [0.1, 0.15) is 19.8 Å². The van der Waals surface area contributed by atoms with E-state index in [9.17, 15) is 8.42 Å². The van der Waals surface area contributed by atoms with E-state index in [0.29, 0.717) is 19.0 Å². The fraction of sp³-hybridized carbons (Fsp3) is 0.875. The summed E-state index contributed by atoms with van der Waals surface area (Å²) in [5.74, 6) is 0.405. The van der Waals surface area contributed by atoms with Crippen LogP contribution in [0.15, 0.2) is 0 Å². The van der Waals surface area contributed by atoms with E-state index in [2.05, 4.69) is 4.72 Å². The summed E-state index contributed by atoms with van der Waals surface area (Å²) in [5.41, 5.74) is 0. The summed E-state index contributed by atoms with van der Waals surface area (Å²) >= 11 is 0. The Hall–Kier alpha value is -0.640. The van der Waals surface area contributed by atoms with Crippen LogP contribution in [0.5, 0.6) is 0 Å². The number of rotatable bonds is 3. The molecule has 1 aliphatic heterocycles. The first kappa shape index (κ1) is 11.4. The number of hydrogen-bond donors (Lipinski definition) is 1. The number of nitriles is 1. The lowest BCUT2D eigenvalue weighted by Gasteiger charge is -2.29. The molecule has 0 aliphatic carbocycles. The van der Waals surface area contributed by atoms with Gasteiger partial charge in [-0.25, -0.2) is 0 Å². The van der Waals surface area contributed by atoms with Gasteiger partial charge in [0.15, 0.2) is 0 Å². The Labute approximate surface area is 84.9 Å². The molecule has 0 spiro atoms. The predicted molar refractivity (Wildman–Crippen MR) is 52.5 cm³/mol. The molecule has 0 aromatic heterocycles. The van der Waals surface area contributed by atoms with Crippen molar-refractivity contribution in [3.63, 3.8) is 0 Å². The van der Waals surface area contributed by atoms with Gasteiger partial charge in [-0.15, -0.1) is 0 Å². The second kappa shape index (κ2) is 4.73. The quantitative estimate of drug-likeness (QED) is 0.680. The average Bonchev–Trinajstić information content (AvgIpc) is 2.15. The molecule has 6 heteroatoms. The normalized spacial score (nSPS) is 24.4. The summed E-state index contributed by atoms with van der Waals surface area (Å²) in [6.07, 6.45) is 1.97. The molecular formula is C8H15N3O2S. The number of nitrogens with one attached hydrogen (secondary N) is 1. The molecule has 1 aliphatic rings. The molecule has 0 radical (unpaired) electrons. The third kappa shape index (κ3) is 2.94. The zero-order valence-corrected chi connectivity index (χ0v) is 9.05. The summed E-state index contributed by atoms with van der Waals surface area (Å²) in [4.78, 5) is 0. The van der Waals surface area contributed by atoms with Crippen LogP contribution in [-0.2, 0) is 10.2 Å². The third-order valence-electron chi connectivity index (χ3n) is 2.29. The minimum absolute atomic E-state index is 0.160. The first-order valence-electron chi connectivity index (χ1n) is 4.68. The lowest BCUT2D eigenvalue weighted by atomic mass is 10.0. The van der Waals surface area contributed by atoms with Crippen LogP contribution >= 0.6 is 0 Å². The SMILES string of the molecule is CC1CCCN(S(=O)(=O)NCC#N)C1. The van der Waals surface area contributed by atoms with Gasteiger partial charge in [-0.3, -0.25) is 0 Å². The first-order valence-corrected chi connectivity index (χ1v) is 6.12. The average molecular weight is 217 g/mol. The second-order valence-electron chi connectivity index (χ2n) is 3.59. The molecule has 1 atom stereocenters. The summed E-state index contributed by atoms with van der Waals surface area (Å²) in [7, 11) is -3.42. The van der Waals surface area contributed by atoms with E-state index < -0.39 is 10.2 Å². The second-order valence-corrected chi connectivity index (χ2v) is 5.34. The van der Waals surface area contributed by atoms with Crippen molar-refractivity contribution in [3.8, 4) is 6.07 Å². The van der Waals surface area contributed by atoms with Crippen LogP contribution in [0.2, 0.25) is 0 Å². The molecule has 14 heavy (non-hydrogen) atoms. The van der Waals surface area contributed by atoms with Crippen molar-refractivity contribution >= 4 is 10.2 Å². The van der Waals surface area contributed by atoms with E-state index in [0.717, 1.165) is 12.8 Å². The summed E-state index contributed by atoms with van der Waals surface area (Å²) in [5, 5.41) is 8.28. The van der Waals surface area contributed by atoms with Crippen molar-refractivity contribution in [2.45, 2.75) is 19.8 Å². The van der Waals surface area contributed by atoms with Crippen LogP contribution < -0.4 is 4.72 Å². The largest absolute Gasteiger partial charge is 0.280 e. The molecule has 0 aromatic rings. The molecule has 0 saturated carbocycles. The molecule has 1 heterocycles. The zero-order valence-electron chi connectivity index (χ0n) is 8.23. The zero-order chi connectivity index (χ0) is 10.6. The highest BCUT2D eigenvalue weighted by Crippen LogP contribution is 2.17. The monoisotopic (exact) mass is 217 g/mol. The van der Waals surface area contributed by atoms with E-state index in [-0.39, 0.29) is 6.54 Å². The molecular weight excluding hydrogens is 202 g/mol. The first-order chi connectivity index (χ1) is 6.56. The number of piperidine rings is 1. The van der Waals surface area contributed by atoms with Crippen molar-refractivity contribution in [2.24, 2.45) is 5.92 Å². The van der Waals surface area contributed by atoms with Gasteiger partial charge in [-0.2, -0.15) is 22.7 Å². The van der Waals surface area contributed by atoms with Gasteiger partial charge in [0.1, 0.15) is 0 Å². The predicted octanol–water partition coefficient (Wildman–Crippen LogP) is 0.0763. The lowest BCUT2D eigenvalue weighted by Crippen LogP contribution is -2.45. The van der Waals surface area contributed by atoms with Crippen LogP contribution in [0.4, 0.5) is 0 Å². The van der Waals surface area contributed by atoms with Gasteiger partial charge in [0, 0.05) is 13.1 Å². The fourth-order valence-corrected chi connectivity index (χ4v) is 2.83. The molecule has 5 nitrogen and oxygen atoms in total. The van der Waals surface area contributed by atoms with E-state index in [4.69, 9.17) is 5.26 Å². The van der Waals surface area contributed by atoms with Crippen molar-refractivity contribution < 1.29 is 8.42 Å². The molecule has 1 saturated heterocycles. The molecule has 1 fully saturated rings. The van der Waals surface area contributed by atoms with E-state index >= 15 is 0 Å². The van der Waals surface area contributed by atoms with Gasteiger partial charge in [0.2, 0.25) is 0 Å². The van der Waals surface area contributed by atoms with Gasteiger partial charge < -0.3 is 0 Å². The van der Waals surface area contributed by atoms with Gasteiger partial charge in [-0.1, -0.05) is 6.92 Å². The maximum absolute atomic E-state index is 11.6. The maximum atomic E-state index is 11.6. The van der Waals surface area contributed by atoms with E-state index in [1.54, 1.807) is 6.07 Å². The standard InChI is InChI=1S/C8H15N3O2S/c1-8-3-2-6-11(7-8)14(12,13)10-5-4-9/h8,10H,2-3,5-7H2,1H3.